The monoisotopic (exact) mass is 450 g/mol. The fourth-order valence-corrected chi connectivity index (χ4v) is 3.67. The molecule has 6 nitrogen and oxygen atoms in total. The van der Waals surface area contributed by atoms with Crippen LogP contribution in [0, 0.1) is 0 Å². The third-order valence-electron chi connectivity index (χ3n) is 5.05. The van der Waals surface area contributed by atoms with E-state index in [9.17, 15) is 9.59 Å². The number of nitrogens with zero attached hydrogens (tertiary/aromatic N) is 1. The van der Waals surface area contributed by atoms with Crippen LogP contribution in [0.5, 0.6) is 11.5 Å². The molecule has 0 bridgehead atoms. The number of nitrogens with one attached hydrogen (secondary N) is 1. The van der Waals surface area contributed by atoms with Gasteiger partial charge in [-0.05, 0) is 61.9 Å². The number of carbonyl (C=O) groups excluding carboxylic acids is 2. The molecule has 0 aromatic heterocycles. The molecule has 0 radical (unpaired) electrons. The van der Waals surface area contributed by atoms with E-state index in [2.05, 4.69) is 5.32 Å². The normalized spacial score (nSPS) is 15.0. The molecule has 1 atom stereocenters. The first-order chi connectivity index (χ1) is 15.5. The standard InChI is InChI=1S/C25H23ClN2O4/c1-17-25(30)28(13-6-14-31-21-9-3-2-4-10-21)22-16-20(11-12-23(22)32-17)27-24(29)18-7-5-8-19(26)15-18/h2-5,7-12,15-17H,6,13-14H2,1H3,(H,27,29). The quantitative estimate of drug-likeness (QED) is 0.504. The van der Waals surface area contributed by atoms with E-state index in [1.807, 2.05) is 30.3 Å². The Bertz CT molecular complexity index is 1120. The summed E-state index contributed by atoms with van der Waals surface area (Å²) in [6.07, 6.45) is 0.0655. The number of ether oxygens (including phenoxy) is 2. The minimum atomic E-state index is -0.579. The van der Waals surface area contributed by atoms with Crippen LogP contribution in [0.15, 0.2) is 72.8 Å². The Morgan fingerprint density at radius 3 is 2.69 bits per heavy atom. The molecular formula is C25H23ClN2O4. The molecule has 1 aliphatic rings. The Labute approximate surface area is 191 Å². The molecule has 3 aromatic carbocycles. The van der Waals surface area contributed by atoms with Gasteiger partial charge in [0.25, 0.3) is 11.8 Å². The van der Waals surface area contributed by atoms with E-state index >= 15 is 0 Å². The van der Waals surface area contributed by atoms with Crippen LogP contribution in [-0.2, 0) is 4.79 Å². The number of anilines is 2. The van der Waals surface area contributed by atoms with E-state index in [1.54, 1.807) is 54.3 Å². The van der Waals surface area contributed by atoms with Crippen molar-refractivity contribution >= 4 is 34.8 Å². The minimum absolute atomic E-state index is 0.129. The second-order valence-corrected chi connectivity index (χ2v) is 7.85. The Balaban J connectivity index is 1.47. The third kappa shape index (κ3) is 5.03. The summed E-state index contributed by atoms with van der Waals surface area (Å²) in [7, 11) is 0. The van der Waals surface area contributed by atoms with Crippen LogP contribution >= 0.6 is 11.6 Å². The lowest BCUT2D eigenvalue weighted by Gasteiger charge is -2.33. The SMILES string of the molecule is CC1Oc2ccc(NC(=O)c3cccc(Cl)c3)cc2N(CCCOc2ccccc2)C1=O. The molecule has 0 saturated heterocycles. The zero-order valence-electron chi connectivity index (χ0n) is 17.6. The van der Waals surface area contributed by atoms with Crippen LogP contribution in [-0.4, -0.2) is 31.1 Å². The Hall–Kier alpha value is -3.51. The number of amides is 2. The molecule has 32 heavy (non-hydrogen) atoms. The molecule has 4 rings (SSSR count). The Morgan fingerprint density at radius 2 is 1.91 bits per heavy atom. The first-order valence-corrected chi connectivity index (χ1v) is 10.8. The first kappa shape index (κ1) is 21.7. The average molecular weight is 451 g/mol. The maximum absolute atomic E-state index is 12.8. The van der Waals surface area contributed by atoms with Gasteiger partial charge in [-0.1, -0.05) is 35.9 Å². The van der Waals surface area contributed by atoms with Crippen molar-refractivity contribution in [2.24, 2.45) is 0 Å². The summed E-state index contributed by atoms with van der Waals surface area (Å²) in [4.78, 5) is 27.1. The van der Waals surface area contributed by atoms with Crippen LogP contribution in [0.25, 0.3) is 0 Å². The summed E-state index contributed by atoms with van der Waals surface area (Å²) in [5.41, 5.74) is 1.63. The van der Waals surface area contributed by atoms with Crippen molar-refractivity contribution in [1.29, 1.82) is 0 Å². The van der Waals surface area contributed by atoms with Crippen molar-refractivity contribution in [1.82, 2.24) is 0 Å². The smallest absolute Gasteiger partial charge is 0.267 e. The molecule has 0 spiro atoms. The largest absolute Gasteiger partial charge is 0.494 e. The highest BCUT2D eigenvalue weighted by molar-refractivity contribution is 6.31. The van der Waals surface area contributed by atoms with E-state index in [0.717, 1.165) is 5.75 Å². The van der Waals surface area contributed by atoms with Gasteiger partial charge in [0.05, 0.1) is 12.3 Å². The maximum Gasteiger partial charge on any atom is 0.267 e. The lowest BCUT2D eigenvalue weighted by molar-refractivity contribution is -0.125. The summed E-state index contributed by atoms with van der Waals surface area (Å²) < 4.78 is 11.5. The zero-order chi connectivity index (χ0) is 22.5. The highest BCUT2D eigenvalue weighted by Crippen LogP contribution is 2.36. The van der Waals surface area contributed by atoms with Crippen LogP contribution in [0.3, 0.4) is 0 Å². The van der Waals surface area contributed by atoms with Crippen LogP contribution < -0.4 is 19.7 Å². The molecule has 7 heteroatoms. The number of fused-ring (bicyclic) bond motifs is 1. The molecule has 1 heterocycles. The van der Waals surface area contributed by atoms with Crippen molar-refractivity contribution in [2.75, 3.05) is 23.4 Å². The number of halogens is 1. The van der Waals surface area contributed by atoms with Crippen molar-refractivity contribution in [3.8, 4) is 11.5 Å². The number of rotatable bonds is 7. The van der Waals surface area contributed by atoms with Gasteiger partial charge < -0.3 is 19.7 Å². The van der Waals surface area contributed by atoms with Gasteiger partial charge in [0, 0.05) is 22.8 Å². The predicted molar refractivity (Wildman–Crippen MR) is 125 cm³/mol. The van der Waals surface area contributed by atoms with Crippen LogP contribution in [0.4, 0.5) is 11.4 Å². The van der Waals surface area contributed by atoms with Crippen molar-refractivity contribution in [3.05, 3.63) is 83.4 Å². The molecule has 164 valence electrons. The number of para-hydroxylation sites is 1. The van der Waals surface area contributed by atoms with Crippen molar-refractivity contribution in [3.63, 3.8) is 0 Å². The highest BCUT2D eigenvalue weighted by atomic mass is 35.5. The topological polar surface area (TPSA) is 67.9 Å². The third-order valence-corrected chi connectivity index (χ3v) is 5.29. The molecule has 1 aliphatic heterocycles. The van der Waals surface area contributed by atoms with Crippen LogP contribution in [0.2, 0.25) is 5.02 Å². The van der Waals surface area contributed by atoms with Gasteiger partial charge in [-0.15, -0.1) is 0 Å². The Morgan fingerprint density at radius 1 is 1.09 bits per heavy atom. The van der Waals surface area contributed by atoms with Gasteiger partial charge >= 0.3 is 0 Å². The lowest BCUT2D eigenvalue weighted by Crippen LogP contribution is -2.45. The van der Waals surface area contributed by atoms with Gasteiger partial charge in [-0.2, -0.15) is 0 Å². The summed E-state index contributed by atoms with van der Waals surface area (Å²) >= 11 is 5.98. The van der Waals surface area contributed by atoms with Gasteiger partial charge in [0.15, 0.2) is 6.10 Å². The number of benzene rings is 3. The van der Waals surface area contributed by atoms with Gasteiger partial charge in [-0.25, -0.2) is 0 Å². The van der Waals surface area contributed by atoms with Crippen molar-refractivity contribution in [2.45, 2.75) is 19.4 Å². The molecule has 3 aromatic rings. The molecule has 1 N–H and O–H groups in total. The summed E-state index contributed by atoms with van der Waals surface area (Å²) in [5, 5.41) is 3.34. The Kier molecular flexibility index (Phi) is 6.61. The van der Waals surface area contributed by atoms with Gasteiger partial charge in [-0.3, -0.25) is 9.59 Å². The lowest BCUT2D eigenvalue weighted by atomic mass is 10.1. The second-order valence-electron chi connectivity index (χ2n) is 7.41. The van der Waals surface area contributed by atoms with Gasteiger partial charge in [0.1, 0.15) is 11.5 Å². The summed E-state index contributed by atoms with van der Waals surface area (Å²) in [6, 6.07) is 21.5. The zero-order valence-corrected chi connectivity index (χ0v) is 18.3. The number of carbonyl (C=O) groups is 2. The predicted octanol–water partition coefficient (Wildman–Crippen LogP) is 5.18. The van der Waals surface area contributed by atoms with E-state index < -0.39 is 6.10 Å². The fourth-order valence-electron chi connectivity index (χ4n) is 3.48. The van der Waals surface area contributed by atoms with E-state index in [0.29, 0.717) is 47.3 Å². The first-order valence-electron chi connectivity index (χ1n) is 10.4. The van der Waals surface area contributed by atoms with E-state index in [-0.39, 0.29) is 11.8 Å². The molecule has 1 unspecified atom stereocenters. The van der Waals surface area contributed by atoms with Crippen LogP contribution in [0.1, 0.15) is 23.7 Å². The van der Waals surface area contributed by atoms with Crippen molar-refractivity contribution < 1.29 is 19.1 Å². The maximum atomic E-state index is 12.8. The van der Waals surface area contributed by atoms with E-state index in [4.69, 9.17) is 21.1 Å². The summed E-state index contributed by atoms with van der Waals surface area (Å²) in [6.45, 7) is 2.68. The molecule has 0 aliphatic carbocycles. The molecular weight excluding hydrogens is 428 g/mol. The molecule has 0 saturated carbocycles. The van der Waals surface area contributed by atoms with E-state index in [1.165, 1.54) is 0 Å². The fraction of sp³-hybridized carbons (Fsp3) is 0.200. The number of hydrogen-bond acceptors (Lipinski definition) is 4. The minimum Gasteiger partial charge on any atom is -0.494 e. The summed E-state index contributed by atoms with van der Waals surface area (Å²) in [5.74, 6) is 0.977. The molecule has 0 fully saturated rings. The molecule has 2 amide bonds. The highest BCUT2D eigenvalue weighted by Gasteiger charge is 2.31. The van der Waals surface area contributed by atoms with Gasteiger partial charge in [0.2, 0.25) is 0 Å². The second kappa shape index (κ2) is 9.75. The average Bonchev–Trinajstić information content (AvgIpc) is 2.80. The number of hydrogen-bond donors (Lipinski definition) is 1.